The molecule has 0 spiro atoms. The molecule has 0 radical (unpaired) electrons. The zero-order valence-electron chi connectivity index (χ0n) is 14.6. The quantitative estimate of drug-likeness (QED) is 0.795. The molecule has 26 heavy (non-hydrogen) atoms. The van der Waals surface area contributed by atoms with E-state index in [1.807, 2.05) is 0 Å². The maximum Gasteiger partial charge on any atom is 0.251 e. The van der Waals surface area contributed by atoms with Crippen LogP contribution in [0.4, 0.5) is 0 Å². The predicted octanol–water partition coefficient (Wildman–Crippen LogP) is 1.03. The minimum Gasteiger partial charge on any atom is -0.352 e. The van der Waals surface area contributed by atoms with Gasteiger partial charge in [-0.2, -0.15) is 4.31 Å². The lowest BCUT2D eigenvalue weighted by Crippen LogP contribution is -2.35. The molecule has 144 valence electrons. The minimum absolute atomic E-state index is 0.0531. The number of amides is 1. The zero-order chi connectivity index (χ0) is 18.8. The highest BCUT2D eigenvalue weighted by atomic mass is 32.2. The molecule has 1 N–H and O–H groups in total. The van der Waals surface area contributed by atoms with Gasteiger partial charge in [-0.25, -0.2) is 16.8 Å². The van der Waals surface area contributed by atoms with Crippen LogP contribution in [0.3, 0.4) is 0 Å². The summed E-state index contributed by atoms with van der Waals surface area (Å²) in [6, 6.07) is 5.91. The van der Waals surface area contributed by atoms with Crippen molar-refractivity contribution >= 4 is 25.8 Å². The van der Waals surface area contributed by atoms with Crippen molar-refractivity contribution in [2.75, 3.05) is 31.1 Å². The standard InChI is InChI=1S/C17H24N2O5S2/c20-17(18-12-14-8-11-25(21,22)13-14)15-4-6-16(7-5-15)26(23,24)19-9-2-1-3-10-19/h4-7,14H,1-3,8-13H2,(H,18,20). The van der Waals surface area contributed by atoms with Crippen LogP contribution in [0.15, 0.2) is 29.2 Å². The highest BCUT2D eigenvalue weighted by molar-refractivity contribution is 7.91. The molecule has 2 aliphatic heterocycles. The fraction of sp³-hybridized carbons (Fsp3) is 0.588. The van der Waals surface area contributed by atoms with Crippen molar-refractivity contribution in [3.63, 3.8) is 0 Å². The third-order valence-corrected chi connectivity index (χ3v) is 8.70. The number of benzene rings is 1. The molecule has 1 aromatic carbocycles. The Bertz CT molecular complexity index is 857. The topological polar surface area (TPSA) is 101 Å². The van der Waals surface area contributed by atoms with Gasteiger partial charge in [0.2, 0.25) is 10.0 Å². The molecular weight excluding hydrogens is 376 g/mol. The molecule has 9 heteroatoms. The molecule has 0 aliphatic carbocycles. The molecule has 2 aliphatic rings. The Morgan fingerprint density at radius 3 is 2.35 bits per heavy atom. The first-order valence-corrected chi connectivity index (χ1v) is 12.1. The fourth-order valence-corrected chi connectivity index (χ4v) is 6.78. The second-order valence-corrected chi connectivity index (χ2v) is 11.1. The average Bonchev–Trinajstić information content (AvgIpc) is 2.99. The molecule has 3 rings (SSSR count). The zero-order valence-corrected chi connectivity index (χ0v) is 16.2. The molecule has 2 saturated heterocycles. The number of hydrogen-bond acceptors (Lipinski definition) is 5. The Kier molecular flexibility index (Phi) is 5.69. The summed E-state index contributed by atoms with van der Waals surface area (Å²) in [6.07, 6.45) is 3.36. The van der Waals surface area contributed by atoms with Crippen LogP contribution in [0.25, 0.3) is 0 Å². The van der Waals surface area contributed by atoms with Gasteiger partial charge >= 0.3 is 0 Å². The Balaban J connectivity index is 1.61. The van der Waals surface area contributed by atoms with Crippen molar-refractivity contribution in [2.24, 2.45) is 5.92 Å². The molecule has 1 aromatic rings. The van der Waals surface area contributed by atoms with Crippen LogP contribution in [0, 0.1) is 5.92 Å². The van der Waals surface area contributed by atoms with Crippen molar-refractivity contribution < 1.29 is 21.6 Å². The maximum atomic E-state index is 12.6. The largest absolute Gasteiger partial charge is 0.352 e. The predicted molar refractivity (Wildman–Crippen MR) is 98.1 cm³/mol. The molecule has 2 fully saturated rings. The van der Waals surface area contributed by atoms with E-state index in [9.17, 15) is 21.6 Å². The molecule has 1 amide bonds. The number of sulfonamides is 1. The summed E-state index contributed by atoms with van der Waals surface area (Å²) in [6.45, 7) is 1.38. The van der Waals surface area contributed by atoms with Gasteiger partial charge in [0.1, 0.15) is 0 Å². The second-order valence-electron chi connectivity index (χ2n) is 6.97. The fourth-order valence-electron chi connectivity index (χ4n) is 3.40. The first kappa shape index (κ1) is 19.3. The van der Waals surface area contributed by atoms with Gasteiger partial charge < -0.3 is 5.32 Å². The molecule has 0 bridgehead atoms. The van der Waals surface area contributed by atoms with Crippen molar-refractivity contribution in [3.8, 4) is 0 Å². The summed E-state index contributed by atoms with van der Waals surface area (Å²) in [5.41, 5.74) is 0.364. The Morgan fingerprint density at radius 1 is 1.12 bits per heavy atom. The summed E-state index contributed by atoms with van der Waals surface area (Å²) < 4.78 is 49.6. The van der Waals surface area contributed by atoms with Crippen molar-refractivity contribution in [1.82, 2.24) is 9.62 Å². The number of piperidine rings is 1. The Hall–Kier alpha value is -1.45. The minimum atomic E-state index is -3.51. The highest BCUT2D eigenvalue weighted by Crippen LogP contribution is 2.21. The lowest BCUT2D eigenvalue weighted by molar-refractivity contribution is 0.0948. The van der Waals surface area contributed by atoms with Crippen molar-refractivity contribution in [2.45, 2.75) is 30.6 Å². The van der Waals surface area contributed by atoms with Gasteiger partial charge in [0.15, 0.2) is 9.84 Å². The number of sulfone groups is 1. The number of rotatable bonds is 5. The first-order valence-electron chi connectivity index (χ1n) is 8.87. The van der Waals surface area contributed by atoms with Crippen LogP contribution >= 0.6 is 0 Å². The number of hydrogen-bond donors (Lipinski definition) is 1. The van der Waals surface area contributed by atoms with Crippen LogP contribution in [-0.2, 0) is 19.9 Å². The van der Waals surface area contributed by atoms with Gasteiger partial charge in [-0.05, 0) is 49.4 Å². The number of carbonyl (C=O) groups is 1. The van der Waals surface area contributed by atoms with E-state index in [1.165, 1.54) is 28.6 Å². The van der Waals surface area contributed by atoms with E-state index < -0.39 is 19.9 Å². The summed E-state index contributed by atoms with van der Waals surface area (Å²) in [5.74, 6) is -0.0874. The van der Waals surface area contributed by atoms with Crippen molar-refractivity contribution in [3.05, 3.63) is 29.8 Å². The van der Waals surface area contributed by atoms with E-state index in [4.69, 9.17) is 0 Å². The second kappa shape index (κ2) is 7.66. The lowest BCUT2D eigenvalue weighted by Gasteiger charge is -2.25. The van der Waals surface area contributed by atoms with Crippen LogP contribution in [0.5, 0.6) is 0 Å². The van der Waals surface area contributed by atoms with E-state index in [0.717, 1.165) is 19.3 Å². The number of carbonyl (C=O) groups excluding carboxylic acids is 1. The SMILES string of the molecule is O=C(NCC1CCS(=O)(=O)C1)c1ccc(S(=O)(=O)N2CCCCC2)cc1. The smallest absolute Gasteiger partial charge is 0.251 e. The Morgan fingerprint density at radius 2 is 1.77 bits per heavy atom. The van der Waals surface area contributed by atoms with Crippen LogP contribution in [-0.4, -0.2) is 58.2 Å². The summed E-state index contributed by atoms with van der Waals surface area (Å²) in [4.78, 5) is 12.4. The van der Waals surface area contributed by atoms with Gasteiger partial charge in [0.05, 0.1) is 16.4 Å². The molecule has 0 aromatic heterocycles. The normalized spacial score (nSPS) is 23.6. The van der Waals surface area contributed by atoms with Gasteiger partial charge in [0.25, 0.3) is 5.91 Å². The van der Waals surface area contributed by atoms with Gasteiger partial charge in [-0.3, -0.25) is 4.79 Å². The molecule has 7 nitrogen and oxygen atoms in total. The molecule has 2 heterocycles. The Labute approximate surface area is 154 Å². The van der Waals surface area contributed by atoms with E-state index in [1.54, 1.807) is 0 Å². The van der Waals surface area contributed by atoms with E-state index in [2.05, 4.69) is 5.32 Å². The third-order valence-electron chi connectivity index (χ3n) is 4.95. The average molecular weight is 401 g/mol. The van der Waals surface area contributed by atoms with Crippen LogP contribution in [0.2, 0.25) is 0 Å². The first-order chi connectivity index (χ1) is 12.3. The summed E-state index contributed by atoms with van der Waals surface area (Å²) in [7, 11) is -6.47. The van der Waals surface area contributed by atoms with Gasteiger partial charge in [-0.1, -0.05) is 6.42 Å². The molecule has 0 saturated carbocycles. The van der Waals surface area contributed by atoms with Gasteiger partial charge in [0, 0.05) is 25.2 Å². The van der Waals surface area contributed by atoms with E-state index in [0.29, 0.717) is 31.6 Å². The number of nitrogens with one attached hydrogen (secondary N) is 1. The summed E-state index contributed by atoms with van der Waals surface area (Å²) >= 11 is 0. The lowest BCUT2D eigenvalue weighted by atomic mass is 10.1. The van der Waals surface area contributed by atoms with Gasteiger partial charge in [-0.15, -0.1) is 0 Å². The summed E-state index contributed by atoms with van der Waals surface area (Å²) in [5, 5.41) is 2.74. The van der Waals surface area contributed by atoms with E-state index in [-0.39, 0.29) is 28.2 Å². The van der Waals surface area contributed by atoms with Crippen LogP contribution in [0.1, 0.15) is 36.0 Å². The number of nitrogens with zero attached hydrogens (tertiary/aromatic N) is 1. The van der Waals surface area contributed by atoms with Crippen molar-refractivity contribution in [1.29, 1.82) is 0 Å². The van der Waals surface area contributed by atoms with Crippen LogP contribution < -0.4 is 5.32 Å². The third kappa shape index (κ3) is 4.44. The molecular formula is C17H24N2O5S2. The molecule has 1 unspecified atom stereocenters. The highest BCUT2D eigenvalue weighted by Gasteiger charge is 2.28. The monoisotopic (exact) mass is 400 g/mol. The van der Waals surface area contributed by atoms with E-state index >= 15 is 0 Å². The maximum absolute atomic E-state index is 12.6. The molecule has 1 atom stereocenters.